The summed E-state index contributed by atoms with van der Waals surface area (Å²) in [6, 6.07) is 6.42. The summed E-state index contributed by atoms with van der Waals surface area (Å²) in [5.74, 6) is 0.949. The first-order valence-electron chi connectivity index (χ1n) is 5.95. The molecule has 0 bridgehead atoms. The van der Waals surface area contributed by atoms with Gasteiger partial charge in [-0.3, -0.25) is 0 Å². The van der Waals surface area contributed by atoms with Crippen LogP contribution in [0.4, 0.5) is 0 Å². The number of benzene rings is 1. The molecule has 1 heterocycles. The van der Waals surface area contributed by atoms with E-state index in [1.807, 2.05) is 0 Å². The number of aromatic nitrogens is 1. The maximum absolute atomic E-state index is 5.30. The van der Waals surface area contributed by atoms with Gasteiger partial charge in [-0.25, -0.2) is 0 Å². The zero-order chi connectivity index (χ0) is 11.1. The Hall–Kier alpha value is -1.44. The molecule has 16 heavy (non-hydrogen) atoms. The lowest BCUT2D eigenvalue weighted by Crippen LogP contribution is -2.04. The molecule has 0 unspecified atom stereocenters. The van der Waals surface area contributed by atoms with Gasteiger partial charge in [0.15, 0.2) is 0 Å². The second-order valence-corrected chi connectivity index (χ2v) is 4.57. The smallest absolute Gasteiger partial charge is 0.120 e. The summed E-state index contributed by atoms with van der Waals surface area (Å²) in [5, 5.41) is 1.41. The summed E-state index contributed by atoms with van der Waals surface area (Å²) in [7, 11) is 3.90. The highest BCUT2D eigenvalue weighted by Crippen LogP contribution is 2.33. The van der Waals surface area contributed by atoms with E-state index in [0.29, 0.717) is 0 Å². The third kappa shape index (κ3) is 1.26. The lowest BCUT2D eigenvalue weighted by molar-refractivity contribution is 0.415. The van der Waals surface area contributed by atoms with Crippen molar-refractivity contribution in [1.82, 2.24) is 4.57 Å². The average molecular weight is 215 g/mol. The van der Waals surface area contributed by atoms with Gasteiger partial charge < -0.3 is 9.30 Å². The fraction of sp³-hybridized carbons (Fsp3) is 0.429. The van der Waals surface area contributed by atoms with E-state index in [2.05, 4.69) is 29.8 Å². The molecule has 0 N–H and O–H groups in total. The molecule has 0 saturated heterocycles. The van der Waals surface area contributed by atoms with Crippen molar-refractivity contribution in [2.75, 3.05) is 7.11 Å². The number of aryl methyl sites for hydroxylation is 2. The van der Waals surface area contributed by atoms with Crippen LogP contribution in [0, 0.1) is 0 Å². The van der Waals surface area contributed by atoms with Gasteiger partial charge >= 0.3 is 0 Å². The van der Waals surface area contributed by atoms with Crippen LogP contribution in [0.3, 0.4) is 0 Å². The number of hydrogen-bond donors (Lipinski definition) is 0. The Kier molecular flexibility index (Phi) is 2.16. The van der Waals surface area contributed by atoms with E-state index < -0.39 is 0 Å². The Bertz CT molecular complexity index is 539. The number of methoxy groups -OCH3 is 1. The Balaban J connectivity index is 2.30. The molecular weight excluding hydrogens is 198 g/mol. The predicted octanol–water partition coefficient (Wildman–Crippen LogP) is 3.07. The summed E-state index contributed by atoms with van der Waals surface area (Å²) in [6.07, 6.45) is 5.12. The third-order valence-electron chi connectivity index (χ3n) is 3.73. The Morgan fingerprint density at radius 2 is 2.00 bits per heavy atom. The summed E-state index contributed by atoms with van der Waals surface area (Å²) in [4.78, 5) is 0. The Morgan fingerprint density at radius 3 is 2.81 bits per heavy atom. The molecule has 1 aliphatic carbocycles. The van der Waals surface area contributed by atoms with E-state index in [-0.39, 0.29) is 0 Å². The average Bonchev–Trinajstić information content (AvgIpc) is 2.64. The molecule has 84 valence electrons. The summed E-state index contributed by atoms with van der Waals surface area (Å²) < 4.78 is 7.64. The van der Waals surface area contributed by atoms with Crippen LogP contribution in [-0.4, -0.2) is 11.7 Å². The molecule has 1 aromatic carbocycles. The minimum Gasteiger partial charge on any atom is -0.497 e. The molecule has 0 radical (unpaired) electrons. The van der Waals surface area contributed by atoms with Gasteiger partial charge in [0.1, 0.15) is 5.75 Å². The van der Waals surface area contributed by atoms with Crippen LogP contribution in [-0.2, 0) is 19.9 Å². The molecule has 0 saturated carbocycles. The van der Waals surface area contributed by atoms with Crippen LogP contribution in [0.5, 0.6) is 5.75 Å². The standard InChI is InChI=1S/C14H17NO/c1-15-13-6-4-3-5-11(13)12-8-7-10(16-2)9-14(12)15/h7-9H,3-6H2,1-2H3. The number of nitrogens with zero attached hydrogens (tertiary/aromatic N) is 1. The van der Waals surface area contributed by atoms with Gasteiger partial charge in [-0.1, -0.05) is 0 Å². The monoisotopic (exact) mass is 215 g/mol. The molecule has 0 atom stereocenters. The van der Waals surface area contributed by atoms with E-state index in [4.69, 9.17) is 4.74 Å². The summed E-state index contributed by atoms with van der Waals surface area (Å²) in [6.45, 7) is 0. The van der Waals surface area contributed by atoms with Gasteiger partial charge in [-0.05, 0) is 43.4 Å². The second kappa shape index (κ2) is 3.55. The van der Waals surface area contributed by atoms with Crippen molar-refractivity contribution in [3.8, 4) is 5.75 Å². The highest BCUT2D eigenvalue weighted by molar-refractivity contribution is 5.87. The molecule has 1 aromatic heterocycles. The van der Waals surface area contributed by atoms with Gasteiger partial charge in [0, 0.05) is 24.2 Å². The van der Waals surface area contributed by atoms with Crippen LogP contribution in [0.25, 0.3) is 10.9 Å². The van der Waals surface area contributed by atoms with Crippen molar-refractivity contribution < 1.29 is 4.74 Å². The highest BCUT2D eigenvalue weighted by atomic mass is 16.5. The Labute approximate surface area is 95.8 Å². The highest BCUT2D eigenvalue weighted by Gasteiger charge is 2.18. The molecule has 2 aromatic rings. The number of fused-ring (bicyclic) bond motifs is 3. The zero-order valence-corrected chi connectivity index (χ0v) is 9.92. The summed E-state index contributed by atoms with van der Waals surface area (Å²) >= 11 is 0. The van der Waals surface area contributed by atoms with E-state index >= 15 is 0 Å². The number of ether oxygens (including phenoxy) is 1. The van der Waals surface area contributed by atoms with Gasteiger partial charge in [0.05, 0.1) is 12.6 Å². The van der Waals surface area contributed by atoms with E-state index in [9.17, 15) is 0 Å². The topological polar surface area (TPSA) is 14.2 Å². The van der Waals surface area contributed by atoms with Crippen molar-refractivity contribution in [2.24, 2.45) is 7.05 Å². The fourth-order valence-electron chi connectivity index (χ4n) is 2.87. The van der Waals surface area contributed by atoms with E-state index in [1.54, 1.807) is 12.7 Å². The Morgan fingerprint density at radius 1 is 1.19 bits per heavy atom. The maximum Gasteiger partial charge on any atom is 0.120 e. The van der Waals surface area contributed by atoms with Crippen molar-refractivity contribution >= 4 is 10.9 Å². The first-order valence-corrected chi connectivity index (χ1v) is 5.95. The van der Waals surface area contributed by atoms with E-state index in [1.165, 1.54) is 42.3 Å². The van der Waals surface area contributed by atoms with Crippen molar-refractivity contribution in [2.45, 2.75) is 25.7 Å². The van der Waals surface area contributed by atoms with Crippen LogP contribution in [0.2, 0.25) is 0 Å². The van der Waals surface area contributed by atoms with Crippen LogP contribution < -0.4 is 4.74 Å². The summed E-state index contributed by atoms with van der Waals surface area (Å²) in [5.41, 5.74) is 4.40. The molecule has 0 aliphatic heterocycles. The quantitative estimate of drug-likeness (QED) is 0.713. The molecule has 0 fully saturated rings. The normalized spacial score (nSPS) is 15.1. The molecule has 2 nitrogen and oxygen atoms in total. The SMILES string of the molecule is COc1ccc2c3c(n(C)c2c1)CCCC3. The van der Waals surface area contributed by atoms with Crippen molar-refractivity contribution in [1.29, 1.82) is 0 Å². The minimum atomic E-state index is 0.949. The number of rotatable bonds is 1. The lowest BCUT2D eigenvalue weighted by Gasteiger charge is -2.12. The first kappa shape index (κ1) is 9.76. The maximum atomic E-state index is 5.30. The van der Waals surface area contributed by atoms with Gasteiger partial charge in [0.2, 0.25) is 0 Å². The van der Waals surface area contributed by atoms with Gasteiger partial charge in [0.25, 0.3) is 0 Å². The van der Waals surface area contributed by atoms with Crippen molar-refractivity contribution in [3.05, 3.63) is 29.5 Å². The largest absolute Gasteiger partial charge is 0.497 e. The van der Waals surface area contributed by atoms with Crippen molar-refractivity contribution in [3.63, 3.8) is 0 Å². The van der Waals surface area contributed by atoms with Gasteiger partial charge in [-0.2, -0.15) is 0 Å². The van der Waals surface area contributed by atoms with Crippen LogP contribution in [0.15, 0.2) is 18.2 Å². The predicted molar refractivity (Wildman–Crippen MR) is 66.1 cm³/mol. The fourth-order valence-corrected chi connectivity index (χ4v) is 2.87. The zero-order valence-electron chi connectivity index (χ0n) is 9.92. The van der Waals surface area contributed by atoms with Crippen LogP contribution in [0.1, 0.15) is 24.1 Å². The van der Waals surface area contributed by atoms with Gasteiger partial charge in [-0.15, -0.1) is 0 Å². The molecule has 2 heteroatoms. The molecule has 0 spiro atoms. The molecule has 3 rings (SSSR count). The van der Waals surface area contributed by atoms with Crippen LogP contribution >= 0.6 is 0 Å². The van der Waals surface area contributed by atoms with E-state index in [0.717, 1.165) is 5.75 Å². The molecular formula is C14H17NO. The number of hydrogen-bond acceptors (Lipinski definition) is 1. The molecule has 0 amide bonds. The third-order valence-corrected chi connectivity index (χ3v) is 3.73. The lowest BCUT2D eigenvalue weighted by atomic mass is 9.96. The minimum absolute atomic E-state index is 0.949. The second-order valence-electron chi connectivity index (χ2n) is 4.57. The molecule has 1 aliphatic rings. The first-order chi connectivity index (χ1) is 7.81.